The van der Waals surface area contributed by atoms with Gasteiger partial charge < -0.3 is 16.6 Å². The number of benzene rings is 1. The maximum atomic E-state index is 10.9. The summed E-state index contributed by atoms with van der Waals surface area (Å²) in [5.74, 6) is -1.02. The first-order valence-corrected chi connectivity index (χ1v) is 6.26. The van der Waals surface area contributed by atoms with Gasteiger partial charge in [-0.3, -0.25) is 4.79 Å². The fourth-order valence-electron chi connectivity index (χ4n) is 1.55. The molecule has 0 radical (unpaired) electrons. The number of hydrazone groups is 1. The van der Waals surface area contributed by atoms with Crippen molar-refractivity contribution in [2.45, 2.75) is 19.8 Å². The van der Waals surface area contributed by atoms with Crippen molar-refractivity contribution in [2.24, 2.45) is 10.8 Å². The molecule has 0 fully saturated rings. The number of hydrogen-bond donors (Lipinski definition) is 4. The van der Waals surface area contributed by atoms with Crippen LogP contribution in [0.3, 0.4) is 0 Å². The molecule has 1 aromatic carbocycles. The van der Waals surface area contributed by atoms with E-state index in [-0.39, 0.29) is 5.91 Å². The Balaban J connectivity index is 0.000000270. The van der Waals surface area contributed by atoms with Crippen molar-refractivity contribution < 1.29 is 14.7 Å². The molecule has 0 unspecified atom stereocenters. The summed E-state index contributed by atoms with van der Waals surface area (Å²) < 4.78 is 0. The highest BCUT2D eigenvalue weighted by Crippen LogP contribution is 2.11. The second-order valence-electron chi connectivity index (χ2n) is 4.44. The normalized spacial score (nSPS) is 14.4. The maximum absolute atomic E-state index is 10.9. The highest BCUT2D eigenvalue weighted by molar-refractivity contribution is 6.04. The number of nitrogens with two attached hydrogens (primary N) is 2. The lowest BCUT2D eigenvalue weighted by atomic mass is 10.0. The molecule has 112 valence electrons. The zero-order valence-corrected chi connectivity index (χ0v) is 11.7. The minimum atomic E-state index is -1.000. The van der Waals surface area contributed by atoms with E-state index < -0.39 is 5.97 Å². The molecule has 0 aromatic heterocycles. The van der Waals surface area contributed by atoms with Crippen molar-refractivity contribution in [3.63, 3.8) is 0 Å². The molecule has 7 heteroatoms. The molecule has 1 amide bonds. The molecule has 0 bridgehead atoms. The highest BCUT2D eigenvalue weighted by atomic mass is 16.4. The minimum Gasteiger partial charge on any atom is -0.478 e. The number of nitrogen functional groups attached to an aromatic ring is 1. The topological polar surface area (TPSA) is 131 Å². The number of nitrogens with zero attached hydrogens (tertiary/aromatic N) is 1. The van der Waals surface area contributed by atoms with Crippen molar-refractivity contribution in [1.82, 2.24) is 5.43 Å². The lowest BCUT2D eigenvalue weighted by Gasteiger charge is -2.11. The van der Waals surface area contributed by atoms with Crippen LogP contribution in [0.1, 0.15) is 25.3 Å². The Hall–Kier alpha value is -2.83. The monoisotopic (exact) mass is 290 g/mol. The van der Waals surface area contributed by atoms with E-state index in [9.17, 15) is 9.59 Å². The van der Waals surface area contributed by atoms with Gasteiger partial charge in [0, 0.05) is 30.3 Å². The molecule has 21 heavy (non-hydrogen) atoms. The van der Waals surface area contributed by atoms with Crippen LogP contribution in [0.25, 0.3) is 0 Å². The lowest BCUT2D eigenvalue weighted by molar-refractivity contribution is -0.131. The summed E-state index contributed by atoms with van der Waals surface area (Å²) >= 11 is 0. The summed E-state index contributed by atoms with van der Waals surface area (Å²) in [4.78, 5) is 20.5. The first-order valence-electron chi connectivity index (χ1n) is 6.26. The lowest BCUT2D eigenvalue weighted by Crippen LogP contribution is -2.25. The van der Waals surface area contributed by atoms with Gasteiger partial charge in [0.05, 0.1) is 5.71 Å². The van der Waals surface area contributed by atoms with Crippen LogP contribution in [0.15, 0.2) is 41.1 Å². The van der Waals surface area contributed by atoms with E-state index in [0.29, 0.717) is 18.5 Å². The number of nitrogens with one attached hydrogen (secondary N) is 1. The Labute approximate surface area is 122 Å². The zero-order chi connectivity index (χ0) is 15.8. The Morgan fingerprint density at radius 3 is 2.33 bits per heavy atom. The predicted octanol–water partition coefficient (Wildman–Crippen LogP) is 0.816. The number of aliphatic carboxylic acids is 1. The summed E-state index contributed by atoms with van der Waals surface area (Å²) in [5.41, 5.74) is 16.0. The molecule has 0 saturated heterocycles. The van der Waals surface area contributed by atoms with Gasteiger partial charge in [0.15, 0.2) is 0 Å². The third kappa shape index (κ3) is 6.24. The van der Waals surface area contributed by atoms with E-state index >= 15 is 0 Å². The highest BCUT2D eigenvalue weighted by Gasteiger charge is 2.12. The first-order chi connectivity index (χ1) is 9.88. The summed E-state index contributed by atoms with van der Waals surface area (Å²) in [7, 11) is 0. The van der Waals surface area contributed by atoms with Gasteiger partial charge in [-0.2, -0.15) is 5.10 Å². The van der Waals surface area contributed by atoms with Crippen LogP contribution >= 0.6 is 0 Å². The molecule has 1 aromatic rings. The molecule has 0 aliphatic carbocycles. The Bertz CT molecular complexity index is 572. The van der Waals surface area contributed by atoms with Crippen molar-refractivity contribution in [3.05, 3.63) is 41.6 Å². The number of anilines is 1. The van der Waals surface area contributed by atoms with Gasteiger partial charge in [-0.1, -0.05) is 12.1 Å². The van der Waals surface area contributed by atoms with Crippen LogP contribution < -0.4 is 16.9 Å². The quantitative estimate of drug-likeness (QED) is 0.473. The van der Waals surface area contributed by atoms with Gasteiger partial charge in [-0.15, -0.1) is 0 Å². The van der Waals surface area contributed by atoms with Crippen molar-refractivity contribution in [1.29, 1.82) is 0 Å². The summed E-state index contributed by atoms with van der Waals surface area (Å²) in [6.07, 6.45) is 2.14. The second kappa shape index (κ2) is 7.68. The molecule has 0 saturated carbocycles. The average molecular weight is 290 g/mol. The number of carbonyl (C=O) groups is 2. The van der Waals surface area contributed by atoms with Crippen molar-refractivity contribution in [2.75, 3.05) is 5.73 Å². The van der Waals surface area contributed by atoms with Crippen LogP contribution in [-0.4, -0.2) is 22.7 Å². The molecule has 1 aliphatic rings. The molecule has 7 nitrogen and oxygen atoms in total. The molecule has 0 atom stereocenters. The van der Waals surface area contributed by atoms with E-state index in [1.807, 2.05) is 24.3 Å². The zero-order valence-electron chi connectivity index (χ0n) is 11.7. The molecule has 1 heterocycles. The molecule has 1 aliphatic heterocycles. The van der Waals surface area contributed by atoms with E-state index in [2.05, 4.69) is 10.5 Å². The number of rotatable bonds is 2. The van der Waals surface area contributed by atoms with E-state index in [4.69, 9.17) is 16.6 Å². The largest absolute Gasteiger partial charge is 0.478 e. The van der Waals surface area contributed by atoms with Crippen LogP contribution in [-0.2, 0) is 9.59 Å². The maximum Gasteiger partial charge on any atom is 0.330 e. The van der Waals surface area contributed by atoms with Crippen LogP contribution in [0, 0.1) is 0 Å². The van der Waals surface area contributed by atoms with Gasteiger partial charge in [0.1, 0.15) is 0 Å². The Morgan fingerprint density at radius 1 is 1.33 bits per heavy atom. The summed E-state index contributed by atoms with van der Waals surface area (Å²) in [5, 5.41) is 11.9. The Kier molecular flexibility index (Phi) is 5.94. The number of allylic oxidation sites excluding steroid dienone is 1. The molecule has 6 N–H and O–H groups in total. The van der Waals surface area contributed by atoms with E-state index in [1.165, 1.54) is 6.92 Å². The first kappa shape index (κ1) is 16.2. The third-order valence-electron chi connectivity index (χ3n) is 2.50. The fraction of sp³-hybridized carbons (Fsp3) is 0.214. The van der Waals surface area contributed by atoms with Crippen molar-refractivity contribution in [3.8, 4) is 0 Å². The number of hydrogen-bond acceptors (Lipinski definition) is 5. The summed E-state index contributed by atoms with van der Waals surface area (Å²) in [6, 6.07) is 7.47. The van der Waals surface area contributed by atoms with E-state index in [0.717, 1.165) is 23.0 Å². The van der Waals surface area contributed by atoms with E-state index in [1.54, 1.807) is 0 Å². The van der Waals surface area contributed by atoms with Gasteiger partial charge in [-0.05, 0) is 24.6 Å². The number of carboxylic acids is 1. The van der Waals surface area contributed by atoms with Gasteiger partial charge in [0.2, 0.25) is 5.91 Å². The minimum absolute atomic E-state index is 0.0239. The molecular formula is C14H18N4O3. The fourth-order valence-corrected chi connectivity index (χ4v) is 1.55. The molecular weight excluding hydrogens is 272 g/mol. The summed E-state index contributed by atoms with van der Waals surface area (Å²) in [6.45, 7) is 1.52. The number of carbonyl (C=O) groups excluding carboxylic acids is 1. The van der Waals surface area contributed by atoms with Crippen LogP contribution in [0.5, 0.6) is 0 Å². The van der Waals surface area contributed by atoms with Crippen molar-refractivity contribution >= 4 is 23.3 Å². The van der Waals surface area contributed by atoms with Crippen LogP contribution in [0.4, 0.5) is 5.69 Å². The Morgan fingerprint density at radius 2 is 1.95 bits per heavy atom. The molecule has 0 spiro atoms. The number of carboxylic acid groups (broad SMARTS) is 1. The smallest absolute Gasteiger partial charge is 0.330 e. The standard InChI is InChI=1S/C10H11N3O.C4H7NO2/c11-8-3-1-7(2-4-8)9-5-6-10(14)13-12-9;1-3(5)2-4(6)7/h1-4H,5-6,11H2,(H,13,14);2H,5H2,1H3,(H,6,7)/b;3-2-. The van der Waals surface area contributed by atoms with Gasteiger partial charge in [0.25, 0.3) is 0 Å². The average Bonchev–Trinajstić information content (AvgIpc) is 2.40. The number of amides is 1. The van der Waals surface area contributed by atoms with Crippen LogP contribution in [0.2, 0.25) is 0 Å². The third-order valence-corrected chi connectivity index (χ3v) is 2.50. The second-order valence-corrected chi connectivity index (χ2v) is 4.44. The molecule has 2 rings (SSSR count). The SMILES string of the molecule is C/C(N)=C/C(=O)O.Nc1ccc(C2=NNC(=O)CC2)cc1. The van der Waals surface area contributed by atoms with Gasteiger partial charge in [-0.25, -0.2) is 10.2 Å². The van der Waals surface area contributed by atoms with Gasteiger partial charge >= 0.3 is 5.97 Å². The predicted molar refractivity (Wildman–Crippen MR) is 80.3 cm³/mol.